The molecule has 0 bridgehead atoms. The quantitative estimate of drug-likeness (QED) is 0.781. The van der Waals surface area contributed by atoms with E-state index in [4.69, 9.17) is 5.73 Å². The van der Waals surface area contributed by atoms with Crippen LogP contribution in [-0.2, 0) is 17.1 Å². The van der Waals surface area contributed by atoms with Gasteiger partial charge in [0.15, 0.2) is 12.0 Å². The summed E-state index contributed by atoms with van der Waals surface area (Å²) in [6, 6.07) is -0.666. The van der Waals surface area contributed by atoms with Crippen molar-refractivity contribution in [1.82, 2.24) is 5.32 Å². The van der Waals surface area contributed by atoms with Crippen LogP contribution in [-0.4, -0.2) is 11.9 Å². The highest BCUT2D eigenvalue weighted by atomic mass is 19.4. The Morgan fingerprint density at radius 1 is 1.00 bits per heavy atom. The maximum absolute atomic E-state index is 12.7. The van der Waals surface area contributed by atoms with E-state index in [9.17, 15) is 31.1 Å². The molecule has 0 saturated heterocycles. The second-order valence-electron chi connectivity index (χ2n) is 4.25. The molecule has 0 saturated carbocycles. The van der Waals surface area contributed by atoms with Gasteiger partial charge in [-0.15, -0.1) is 0 Å². The number of nitrogens with two attached hydrogens (primary N) is 1. The molecule has 1 unspecified atom stereocenters. The summed E-state index contributed by atoms with van der Waals surface area (Å²) in [6.45, 7) is 0. The predicted octanol–water partition coefficient (Wildman–Crippen LogP) is 2.21. The molecule has 0 aromatic heterocycles. The van der Waals surface area contributed by atoms with E-state index in [0.29, 0.717) is 12.1 Å². The molecule has 1 aromatic rings. The summed E-state index contributed by atoms with van der Waals surface area (Å²) in [5.74, 6) is -1.25. The Balaban J connectivity index is 2.59. The first-order valence-corrected chi connectivity index (χ1v) is 5.42. The number of carbonyl (C=O) groups is 1. The number of hydrogen-bond donors (Lipinski definition) is 2. The molecule has 1 aromatic carbocycles. The molecule has 21 heavy (non-hydrogen) atoms. The lowest BCUT2D eigenvalue weighted by Gasteiger charge is -2.15. The highest BCUT2D eigenvalue weighted by Crippen LogP contribution is 2.38. The van der Waals surface area contributed by atoms with Crippen LogP contribution in [0.1, 0.15) is 22.7 Å². The zero-order chi connectivity index (χ0) is 16.0. The predicted molar refractivity (Wildman–Crippen MR) is 59.0 cm³/mol. The fraction of sp³-hybridized carbons (Fsp3) is 0.273. The van der Waals surface area contributed by atoms with Crippen molar-refractivity contribution in [2.24, 2.45) is 10.7 Å². The second-order valence-corrected chi connectivity index (χ2v) is 4.25. The van der Waals surface area contributed by atoms with Crippen LogP contribution in [0.2, 0.25) is 0 Å². The monoisotopic (exact) mass is 311 g/mol. The summed E-state index contributed by atoms with van der Waals surface area (Å²) in [5, 5.41) is 2.01. The van der Waals surface area contributed by atoms with Crippen molar-refractivity contribution in [1.29, 1.82) is 0 Å². The minimum Gasteiger partial charge on any atom is -0.370 e. The van der Waals surface area contributed by atoms with Gasteiger partial charge in [0.25, 0.3) is 5.91 Å². The molecule has 1 aliphatic rings. The summed E-state index contributed by atoms with van der Waals surface area (Å²) in [5.41, 5.74) is 1.62. The zero-order valence-electron chi connectivity index (χ0n) is 10.0. The lowest BCUT2D eigenvalue weighted by Crippen LogP contribution is -2.31. The van der Waals surface area contributed by atoms with Crippen LogP contribution in [0.15, 0.2) is 23.2 Å². The highest BCUT2D eigenvalue weighted by Gasteiger charge is 2.39. The Kier molecular flexibility index (Phi) is 3.34. The maximum Gasteiger partial charge on any atom is 0.416 e. The number of halogens is 6. The molecule has 2 rings (SSSR count). The molecule has 3 N–H and O–H groups in total. The van der Waals surface area contributed by atoms with Gasteiger partial charge in [0.2, 0.25) is 0 Å². The van der Waals surface area contributed by atoms with Crippen molar-refractivity contribution in [2.45, 2.75) is 18.4 Å². The van der Waals surface area contributed by atoms with Crippen LogP contribution in [0.5, 0.6) is 0 Å². The van der Waals surface area contributed by atoms with E-state index in [2.05, 4.69) is 4.99 Å². The van der Waals surface area contributed by atoms with Crippen molar-refractivity contribution < 1.29 is 31.1 Å². The molecular weight excluding hydrogens is 304 g/mol. The van der Waals surface area contributed by atoms with Crippen molar-refractivity contribution in [2.75, 3.05) is 0 Å². The van der Waals surface area contributed by atoms with E-state index in [0.717, 1.165) is 0 Å². The lowest BCUT2D eigenvalue weighted by molar-refractivity contribution is -0.143. The van der Waals surface area contributed by atoms with Gasteiger partial charge < -0.3 is 5.73 Å². The van der Waals surface area contributed by atoms with E-state index >= 15 is 0 Å². The number of nitrogens with one attached hydrogen (secondary N) is 1. The molecule has 1 amide bonds. The van der Waals surface area contributed by atoms with E-state index in [1.54, 1.807) is 0 Å². The Morgan fingerprint density at radius 2 is 1.48 bits per heavy atom. The van der Waals surface area contributed by atoms with Crippen LogP contribution in [0, 0.1) is 0 Å². The molecule has 1 heterocycles. The molecule has 1 aliphatic heterocycles. The largest absolute Gasteiger partial charge is 0.416 e. The van der Waals surface area contributed by atoms with Gasteiger partial charge in [0.1, 0.15) is 0 Å². The maximum atomic E-state index is 12.7. The molecule has 0 fully saturated rings. The number of hydrogen-bond acceptors (Lipinski definition) is 3. The summed E-state index contributed by atoms with van der Waals surface area (Å²) >= 11 is 0. The van der Waals surface area contributed by atoms with Gasteiger partial charge in [0, 0.05) is 0 Å². The van der Waals surface area contributed by atoms with E-state index in [1.807, 2.05) is 5.32 Å². The van der Waals surface area contributed by atoms with Gasteiger partial charge in [-0.3, -0.25) is 10.1 Å². The van der Waals surface area contributed by atoms with Gasteiger partial charge in [-0.05, 0) is 23.8 Å². The first-order chi connectivity index (χ1) is 9.48. The number of guanidine groups is 1. The Labute approximate surface area is 113 Å². The Morgan fingerprint density at radius 3 is 1.81 bits per heavy atom. The van der Waals surface area contributed by atoms with Gasteiger partial charge in [-0.25, -0.2) is 4.99 Å². The number of carbonyl (C=O) groups excluding carboxylic acids is 1. The number of amides is 1. The smallest absolute Gasteiger partial charge is 0.370 e. The van der Waals surface area contributed by atoms with Crippen LogP contribution in [0.25, 0.3) is 0 Å². The number of rotatable bonds is 1. The highest BCUT2D eigenvalue weighted by molar-refractivity contribution is 6.04. The van der Waals surface area contributed by atoms with Crippen LogP contribution < -0.4 is 11.1 Å². The molecular formula is C11H7F6N3O. The molecule has 4 nitrogen and oxygen atoms in total. The molecule has 1 atom stereocenters. The van der Waals surface area contributed by atoms with E-state index < -0.39 is 41.0 Å². The normalized spacial score (nSPS) is 19.4. The Hall–Kier alpha value is -2.26. The standard InChI is InChI=1S/C11H7F6N3O/c12-10(13,14)5-1-4(2-6(3-5)11(15,16)17)7-8(21)20-9(18)19-7/h1-3,7H,(H3,18,19,20,21). The summed E-state index contributed by atoms with van der Waals surface area (Å²) in [6.07, 6.45) is -9.97. The summed E-state index contributed by atoms with van der Waals surface area (Å²) in [4.78, 5) is 14.9. The molecule has 10 heteroatoms. The lowest BCUT2D eigenvalue weighted by atomic mass is 9.99. The fourth-order valence-corrected chi connectivity index (χ4v) is 1.79. The van der Waals surface area contributed by atoms with E-state index in [1.165, 1.54) is 0 Å². The van der Waals surface area contributed by atoms with Crippen LogP contribution in [0.3, 0.4) is 0 Å². The number of benzene rings is 1. The Bertz CT molecular complexity index is 587. The summed E-state index contributed by atoms with van der Waals surface area (Å²) < 4.78 is 76.0. The summed E-state index contributed by atoms with van der Waals surface area (Å²) in [7, 11) is 0. The third-order valence-electron chi connectivity index (χ3n) is 2.69. The third kappa shape index (κ3) is 3.09. The SMILES string of the molecule is NC1=NC(c2cc(C(F)(F)F)cc(C(F)(F)F)c2)C(=O)N1. The van der Waals surface area contributed by atoms with Crippen molar-refractivity contribution in [3.63, 3.8) is 0 Å². The third-order valence-corrected chi connectivity index (χ3v) is 2.69. The first kappa shape index (κ1) is 15.1. The second kappa shape index (κ2) is 4.64. The van der Waals surface area contributed by atoms with Crippen LogP contribution >= 0.6 is 0 Å². The van der Waals surface area contributed by atoms with Gasteiger partial charge in [-0.2, -0.15) is 26.3 Å². The zero-order valence-corrected chi connectivity index (χ0v) is 10.0. The molecule has 0 aliphatic carbocycles. The average Bonchev–Trinajstić information content (AvgIpc) is 2.65. The van der Waals surface area contributed by atoms with Crippen molar-refractivity contribution in [3.05, 3.63) is 34.9 Å². The number of aliphatic imine (C=N–C) groups is 1. The minimum absolute atomic E-state index is 0.0244. The number of alkyl halides is 6. The van der Waals surface area contributed by atoms with E-state index in [-0.39, 0.29) is 12.0 Å². The van der Waals surface area contributed by atoms with Crippen molar-refractivity contribution in [3.8, 4) is 0 Å². The minimum atomic E-state index is -4.99. The average molecular weight is 311 g/mol. The van der Waals surface area contributed by atoms with Gasteiger partial charge in [0.05, 0.1) is 11.1 Å². The molecule has 0 radical (unpaired) electrons. The first-order valence-electron chi connectivity index (χ1n) is 5.42. The van der Waals surface area contributed by atoms with Gasteiger partial charge >= 0.3 is 12.4 Å². The van der Waals surface area contributed by atoms with Crippen LogP contribution in [0.4, 0.5) is 26.3 Å². The fourth-order valence-electron chi connectivity index (χ4n) is 1.79. The topological polar surface area (TPSA) is 67.5 Å². The van der Waals surface area contributed by atoms with Crippen molar-refractivity contribution >= 4 is 11.9 Å². The number of nitrogens with zero attached hydrogens (tertiary/aromatic N) is 1. The molecule has 0 spiro atoms. The van der Waals surface area contributed by atoms with Gasteiger partial charge in [-0.1, -0.05) is 0 Å². The molecule has 114 valence electrons.